The van der Waals surface area contributed by atoms with Crippen LogP contribution in [0.2, 0.25) is 0 Å². The molecule has 0 saturated carbocycles. The molecule has 0 radical (unpaired) electrons. The van der Waals surface area contributed by atoms with E-state index in [-0.39, 0.29) is 12.6 Å². The smallest absolute Gasteiger partial charge is 0.302 e. The summed E-state index contributed by atoms with van der Waals surface area (Å²) >= 11 is 0. The third-order valence-corrected chi connectivity index (χ3v) is 4.14. The summed E-state index contributed by atoms with van der Waals surface area (Å²) in [5.74, 6) is 0.429. The monoisotopic (exact) mass is 374 g/mol. The Kier molecular flexibility index (Phi) is 12.8. The highest BCUT2D eigenvalue weighted by molar-refractivity contribution is 5.65. The summed E-state index contributed by atoms with van der Waals surface area (Å²) < 4.78 is 10.5. The van der Waals surface area contributed by atoms with Crippen LogP contribution >= 0.6 is 0 Å². The predicted octanol–water partition coefficient (Wildman–Crippen LogP) is 5.31. The van der Waals surface area contributed by atoms with E-state index in [9.17, 15) is 9.90 Å². The van der Waals surface area contributed by atoms with E-state index in [1.165, 1.54) is 39.0 Å². The molecule has 0 bridgehead atoms. The van der Waals surface area contributed by atoms with Crippen LogP contribution in [0.5, 0.6) is 5.75 Å². The molecule has 0 saturated heterocycles. The summed E-state index contributed by atoms with van der Waals surface area (Å²) in [7, 11) is 0. The number of aliphatic hydroxyl groups excluding tert-OH is 1. The van der Waals surface area contributed by atoms with Gasteiger partial charge < -0.3 is 14.6 Å². The maximum Gasteiger partial charge on any atom is 0.302 e. The van der Waals surface area contributed by atoms with Crippen molar-refractivity contribution in [3.63, 3.8) is 0 Å². The molecule has 4 nitrogen and oxygen atoms in total. The van der Waals surface area contributed by atoms with Gasteiger partial charge in [-0.05, 0) is 12.5 Å². The fraction of sp³-hybridized carbons (Fsp3) is 0.522. The third-order valence-electron chi connectivity index (χ3n) is 4.14. The topological polar surface area (TPSA) is 55.8 Å². The van der Waals surface area contributed by atoms with Gasteiger partial charge in [-0.3, -0.25) is 4.79 Å². The molecular weight excluding hydrogens is 340 g/mol. The number of carbonyl (C=O) groups is 1. The minimum absolute atomic E-state index is 0.234. The first-order valence-electron chi connectivity index (χ1n) is 10.0. The van der Waals surface area contributed by atoms with Crippen LogP contribution in [0.25, 0.3) is 6.08 Å². The number of ether oxygens (including phenoxy) is 2. The molecule has 0 spiro atoms. The Morgan fingerprint density at radius 2 is 1.81 bits per heavy atom. The van der Waals surface area contributed by atoms with Gasteiger partial charge in [-0.25, -0.2) is 0 Å². The van der Waals surface area contributed by atoms with Gasteiger partial charge in [0, 0.05) is 12.5 Å². The van der Waals surface area contributed by atoms with Gasteiger partial charge in [0.05, 0.1) is 6.10 Å². The van der Waals surface area contributed by atoms with Gasteiger partial charge in [0.15, 0.2) is 0 Å². The zero-order valence-corrected chi connectivity index (χ0v) is 16.7. The van der Waals surface area contributed by atoms with E-state index in [2.05, 4.69) is 6.92 Å². The second-order valence-corrected chi connectivity index (χ2v) is 6.59. The van der Waals surface area contributed by atoms with E-state index in [1.54, 1.807) is 0 Å². The maximum atomic E-state index is 10.8. The second-order valence-electron chi connectivity index (χ2n) is 6.59. The average molecular weight is 375 g/mol. The van der Waals surface area contributed by atoms with Gasteiger partial charge in [-0.2, -0.15) is 0 Å². The third kappa shape index (κ3) is 12.0. The number of unbranched alkanes of at least 4 members (excludes halogenated alkanes) is 5. The lowest BCUT2D eigenvalue weighted by Gasteiger charge is -2.09. The Bertz CT molecular complexity index is 577. The SMILES string of the molecule is CCCCCCCCC(O)/C=C/C=C/c1ccccc1OCCOC(C)=O. The Hall–Kier alpha value is -2.07. The summed E-state index contributed by atoms with van der Waals surface area (Å²) in [4.78, 5) is 10.8. The average Bonchev–Trinajstić information content (AvgIpc) is 2.66. The number of allylic oxidation sites excluding steroid dienone is 2. The van der Waals surface area contributed by atoms with Crippen LogP contribution in [0.15, 0.2) is 42.5 Å². The second kappa shape index (κ2) is 15.0. The number of carbonyl (C=O) groups excluding carboxylic acids is 1. The zero-order valence-electron chi connectivity index (χ0n) is 16.7. The van der Waals surface area contributed by atoms with Crippen molar-refractivity contribution in [2.45, 2.75) is 64.9 Å². The van der Waals surface area contributed by atoms with E-state index >= 15 is 0 Å². The summed E-state index contributed by atoms with van der Waals surface area (Å²) in [5.41, 5.74) is 0.940. The largest absolute Gasteiger partial charge is 0.489 e. The van der Waals surface area contributed by atoms with Gasteiger partial charge >= 0.3 is 5.97 Å². The Balaban J connectivity index is 2.34. The maximum absolute atomic E-state index is 10.8. The predicted molar refractivity (Wildman–Crippen MR) is 111 cm³/mol. The molecule has 150 valence electrons. The number of hydrogen-bond donors (Lipinski definition) is 1. The van der Waals surface area contributed by atoms with E-state index in [0.717, 1.165) is 24.2 Å². The highest BCUT2D eigenvalue weighted by atomic mass is 16.6. The van der Waals surface area contributed by atoms with Crippen LogP contribution in [-0.2, 0) is 9.53 Å². The highest BCUT2D eigenvalue weighted by Crippen LogP contribution is 2.19. The summed E-state index contributed by atoms with van der Waals surface area (Å²) in [5, 5.41) is 10.0. The van der Waals surface area contributed by atoms with Crippen molar-refractivity contribution in [3.8, 4) is 5.75 Å². The standard InChI is InChI=1S/C23H34O4/c1-3-4-5-6-7-8-15-22(25)16-11-9-13-21-14-10-12-17-23(21)27-19-18-26-20(2)24/h9-14,16-17,22,25H,3-8,15,18-19H2,1-2H3/b13-9+,16-11+. The van der Waals surface area contributed by atoms with Crippen LogP contribution in [0.4, 0.5) is 0 Å². The fourth-order valence-corrected chi connectivity index (χ4v) is 2.67. The van der Waals surface area contributed by atoms with E-state index < -0.39 is 6.10 Å². The van der Waals surface area contributed by atoms with Gasteiger partial charge in [-0.15, -0.1) is 0 Å². The van der Waals surface area contributed by atoms with Crippen molar-refractivity contribution in [2.24, 2.45) is 0 Å². The van der Waals surface area contributed by atoms with Crippen LogP contribution < -0.4 is 4.74 Å². The highest BCUT2D eigenvalue weighted by Gasteiger charge is 2.01. The normalized spacial score (nSPS) is 12.6. The van der Waals surface area contributed by atoms with E-state index in [0.29, 0.717) is 6.61 Å². The minimum Gasteiger partial charge on any atom is -0.489 e. The molecule has 0 aliphatic carbocycles. The molecule has 0 heterocycles. The molecule has 0 aliphatic heterocycles. The van der Waals surface area contributed by atoms with Crippen molar-refractivity contribution < 1.29 is 19.4 Å². The molecule has 1 aromatic rings. The first-order chi connectivity index (χ1) is 13.1. The summed E-state index contributed by atoms with van der Waals surface area (Å²) in [6.45, 7) is 4.15. The fourth-order valence-electron chi connectivity index (χ4n) is 2.67. The minimum atomic E-state index is -0.393. The van der Waals surface area contributed by atoms with Crippen molar-refractivity contribution in [2.75, 3.05) is 13.2 Å². The molecule has 0 fully saturated rings. The number of aliphatic hydroxyl groups is 1. The van der Waals surface area contributed by atoms with E-state index in [4.69, 9.17) is 9.47 Å². The quantitative estimate of drug-likeness (QED) is 0.272. The first-order valence-corrected chi connectivity index (χ1v) is 10.0. The van der Waals surface area contributed by atoms with Crippen molar-refractivity contribution >= 4 is 12.0 Å². The van der Waals surface area contributed by atoms with Gasteiger partial charge in [0.1, 0.15) is 19.0 Å². The summed E-state index contributed by atoms with van der Waals surface area (Å²) in [6.07, 6.45) is 15.4. The van der Waals surface area contributed by atoms with Crippen molar-refractivity contribution in [3.05, 3.63) is 48.1 Å². The molecule has 4 heteroatoms. The van der Waals surface area contributed by atoms with Crippen LogP contribution in [0.3, 0.4) is 0 Å². The van der Waals surface area contributed by atoms with Crippen molar-refractivity contribution in [1.82, 2.24) is 0 Å². The zero-order chi connectivity index (χ0) is 19.7. The van der Waals surface area contributed by atoms with Gasteiger partial charge in [0.25, 0.3) is 0 Å². The number of rotatable bonds is 14. The number of hydrogen-bond acceptors (Lipinski definition) is 4. The number of benzene rings is 1. The van der Waals surface area contributed by atoms with Gasteiger partial charge in [-0.1, -0.05) is 88.0 Å². The molecule has 27 heavy (non-hydrogen) atoms. The molecule has 0 aromatic heterocycles. The Morgan fingerprint density at radius 1 is 1.07 bits per heavy atom. The molecule has 1 N–H and O–H groups in total. The van der Waals surface area contributed by atoms with E-state index in [1.807, 2.05) is 48.6 Å². The van der Waals surface area contributed by atoms with Gasteiger partial charge in [0.2, 0.25) is 0 Å². The lowest BCUT2D eigenvalue weighted by Crippen LogP contribution is -2.09. The number of para-hydroxylation sites is 1. The number of esters is 1. The van der Waals surface area contributed by atoms with Crippen LogP contribution in [0, 0.1) is 0 Å². The molecule has 1 atom stereocenters. The Labute approximate surface area is 163 Å². The molecule has 1 unspecified atom stereocenters. The molecular formula is C23H34O4. The van der Waals surface area contributed by atoms with Crippen molar-refractivity contribution in [1.29, 1.82) is 0 Å². The Morgan fingerprint density at radius 3 is 2.59 bits per heavy atom. The molecule has 0 aliphatic rings. The molecule has 0 amide bonds. The molecule has 1 aromatic carbocycles. The lowest BCUT2D eigenvalue weighted by atomic mass is 10.1. The lowest BCUT2D eigenvalue weighted by molar-refractivity contribution is -0.141. The molecule has 1 rings (SSSR count). The van der Waals surface area contributed by atoms with Crippen LogP contribution in [-0.4, -0.2) is 30.4 Å². The van der Waals surface area contributed by atoms with Crippen LogP contribution in [0.1, 0.15) is 64.4 Å². The first kappa shape index (κ1) is 23.0. The summed E-state index contributed by atoms with van der Waals surface area (Å²) in [6, 6.07) is 7.68.